The van der Waals surface area contributed by atoms with Crippen molar-refractivity contribution in [3.8, 4) is 17.4 Å². The molecular weight excluding hydrogens is 264 g/mol. The van der Waals surface area contributed by atoms with Crippen molar-refractivity contribution < 1.29 is 9.47 Å². The van der Waals surface area contributed by atoms with Gasteiger partial charge >= 0.3 is 0 Å². The summed E-state index contributed by atoms with van der Waals surface area (Å²) in [5.41, 5.74) is 3.19. The Labute approximate surface area is 126 Å². The first kappa shape index (κ1) is 15.3. The second kappa shape index (κ2) is 7.09. The summed E-state index contributed by atoms with van der Waals surface area (Å²) in [5, 5.41) is 3.33. The van der Waals surface area contributed by atoms with E-state index in [0.29, 0.717) is 17.4 Å². The fourth-order valence-electron chi connectivity index (χ4n) is 2.19. The van der Waals surface area contributed by atoms with Crippen LogP contribution < -0.4 is 14.8 Å². The topological polar surface area (TPSA) is 43.4 Å². The number of pyridine rings is 1. The first-order valence-electron chi connectivity index (χ1n) is 7.14. The Balaban J connectivity index is 2.38. The third-order valence-electron chi connectivity index (χ3n) is 3.26. The normalized spacial score (nSPS) is 10.5. The Kier molecular flexibility index (Phi) is 5.17. The van der Waals surface area contributed by atoms with Crippen molar-refractivity contribution in [3.05, 3.63) is 47.2 Å². The lowest BCUT2D eigenvalue weighted by molar-refractivity contribution is 0.371. The van der Waals surface area contributed by atoms with Crippen LogP contribution >= 0.6 is 0 Å². The van der Waals surface area contributed by atoms with Crippen LogP contribution in [0.25, 0.3) is 0 Å². The minimum atomic E-state index is 0.637. The number of ether oxygens (including phenoxy) is 2. The molecule has 112 valence electrons. The second-order valence-corrected chi connectivity index (χ2v) is 4.90. The van der Waals surface area contributed by atoms with Gasteiger partial charge in [0.2, 0.25) is 5.88 Å². The van der Waals surface area contributed by atoms with Gasteiger partial charge in [-0.1, -0.05) is 19.1 Å². The van der Waals surface area contributed by atoms with Crippen molar-refractivity contribution in [1.82, 2.24) is 10.3 Å². The number of nitrogens with zero attached hydrogens (tertiary/aromatic N) is 1. The monoisotopic (exact) mass is 286 g/mol. The summed E-state index contributed by atoms with van der Waals surface area (Å²) in [6.07, 6.45) is 0. The number of hydrogen-bond acceptors (Lipinski definition) is 4. The zero-order chi connectivity index (χ0) is 15.2. The van der Waals surface area contributed by atoms with E-state index in [0.717, 1.165) is 24.3 Å². The van der Waals surface area contributed by atoms with Gasteiger partial charge in [-0.25, -0.2) is 4.98 Å². The molecule has 0 spiro atoms. The van der Waals surface area contributed by atoms with E-state index < -0.39 is 0 Å². The number of aromatic nitrogens is 1. The van der Waals surface area contributed by atoms with Crippen LogP contribution in [0, 0.1) is 13.8 Å². The van der Waals surface area contributed by atoms with Gasteiger partial charge < -0.3 is 14.8 Å². The summed E-state index contributed by atoms with van der Waals surface area (Å²) < 4.78 is 11.3. The fourth-order valence-corrected chi connectivity index (χ4v) is 2.19. The van der Waals surface area contributed by atoms with Gasteiger partial charge in [0.25, 0.3) is 0 Å². The number of methoxy groups -OCH3 is 1. The molecule has 0 saturated carbocycles. The molecule has 1 N–H and O–H groups in total. The molecule has 0 aliphatic carbocycles. The Hall–Kier alpha value is -2.07. The lowest BCUT2D eigenvalue weighted by Gasteiger charge is -2.15. The highest BCUT2D eigenvalue weighted by Crippen LogP contribution is 2.32. The number of nitrogens with one attached hydrogen (secondary N) is 1. The Morgan fingerprint density at radius 2 is 1.86 bits per heavy atom. The van der Waals surface area contributed by atoms with Crippen LogP contribution in [0.3, 0.4) is 0 Å². The van der Waals surface area contributed by atoms with Crippen LogP contribution in [0.2, 0.25) is 0 Å². The van der Waals surface area contributed by atoms with E-state index in [2.05, 4.69) is 30.2 Å². The van der Waals surface area contributed by atoms with Crippen LogP contribution in [0.5, 0.6) is 17.4 Å². The average Bonchev–Trinajstić information content (AvgIpc) is 2.47. The lowest BCUT2D eigenvalue weighted by atomic mass is 10.1. The van der Waals surface area contributed by atoms with Gasteiger partial charge in [0, 0.05) is 17.8 Å². The highest BCUT2D eigenvalue weighted by atomic mass is 16.5. The Morgan fingerprint density at radius 3 is 2.52 bits per heavy atom. The van der Waals surface area contributed by atoms with Crippen molar-refractivity contribution in [2.24, 2.45) is 0 Å². The largest absolute Gasteiger partial charge is 0.493 e. The first-order valence-corrected chi connectivity index (χ1v) is 7.14. The third-order valence-corrected chi connectivity index (χ3v) is 3.26. The average molecular weight is 286 g/mol. The van der Waals surface area contributed by atoms with Gasteiger partial charge in [-0.2, -0.15) is 0 Å². The molecule has 2 aromatic rings. The summed E-state index contributed by atoms with van der Waals surface area (Å²) in [4.78, 5) is 4.54. The molecule has 1 aromatic heterocycles. The highest BCUT2D eigenvalue weighted by Gasteiger charge is 2.13. The summed E-state index contributed by atoms with van der Waals surface area (Å²) in [5.74, 6) is 2.01. The minimum Gasteiger partial charge on any atom is -0.493 e. The van der Waals surface area contributed by atoms with Gasteiger partial charge in [0.1, 0.15) is 0 Å². The molecule has 0 amide bonds. The van der Waals surface area contributed by atoms with E-state index >= 15 is 0 Å². The summed E-state index contributed by atoms with van der Waals surface area (Å²) in [6.45, 7) is 7.77. The highest BCUT2D eigenvalue weighted by molar-refractivity contribution is 5.44. The van der Waals surface area contributed by atoms with E-state index in [1.807, 2.05) is 31.2 Å². The predicted molar refractivity (Wildman–Crippen MR) is 84.2 cm³/mol. The van der Waals surface area contributed by atoms with Crippen LogP contribution in [0.1, 0.15) is 23.7 Å². The zero-order valence-electron chi connectivity index (χ0n) is 13.1. The van der Waals surface area contributed by atoms with Crippen LogP contribution in [0.15, 0.2) is 30.3 Å². The Morgan fingerprint density at radius 1 is 1.14 bits per heavy atom. The van der Waals surface area contributed by atoms with E-state index in [-0.39, 0.29) is 0 Å². The number of benzene rings is 1. The first-order chi connectivity index (χ1) is 10.2. The number of para-hydroxylation sites is 2. The quantitative estimate of drug-likeness (QED) is 0.881. The number of rotatable bonds is 6. The smallest absolute Gasteiger partial charge is 0.224 e. The molecule has 1 heterocycles. The molecule has 1 aromatic carbocycles. The van der Waals surface area contributed by atoms with E-state index in [9.17, 15) is 0 Å². The maximum absolute atomic E-state index is 6.01. The molecular formula is C17H22N2O2. The summed E-state index contributed by atoms with van der Waals surface area (Å²) >= 11 is 0. The molecule has 0 aliphatic heterocycles. The maximum Gasteiger partial charge on any atom is 0.224 e. The minimum absolute atomic E-state index is 0.637. The molecule has 0 atom stereocenters. The molecule has 21 heavy (non-hydrogen) atoms. The molecule has 4 nitrogen and oxygen atoms in total. The standard InChI is InChI=1S/C17H22N2O2/c1-5-18-11-14-12(2)10-13(3)19-17(14)21-16-9-7-6-8-15(16)20-4/h6-10,18H,5,11H2,1-4H3. The molecule has 2 rings (SSSR count). The van der Waals surface area contributed by atoms with Crippen molar-refractivity contribution in [1.29, 1.82) is 0 Å². The van der Waals surface area contributed by atoms with Crippen LogP contribution in [-0.4, -0.2) is 18.6 Å². The van der Waals surface area contributed by atoms with Gasteiger partial charge in [-0.05, 0) is 44.2 Å². The van der Waals surface area contributed by atoms with Crippen molar-refractivity contribution >= 4 is 0 Å². The van der Waals surface area contributed by atoms with E-state index in [1.165, 1.54) is 5.56 Å². The lowest BCUT2D eigenvalue weighted by Crippen LogP contribution is -2.14. The third kappa shape index (κ3) is 3.73. The predicted octanol–water partition coefficient (Wildman–Crippen LogP) is 3.61. The van der Waals surface area contributed by atoms with Crippen molar-refractivity contribution in [2.75, 3.05) is 13.7 Å². The molecule has 0 aliphatic rings. The molecule has 0 fully saturated rings. The fraction of sp³-hybridized carbons (Fsp3) is 0.353. The van der Waals surface area contributed by atoms with Gasteiger partial charge in [-0.3, -0.25) is 0 Å². The van der Waals surface area contributed by atoms with Crippen LogP contribution in [-0.2, 0) is 6.54 Å². The Bertz CT molecular complexity index is 612. The molecule has 0 bridgehead atoms. The molecule has 0 radical (unpaired) electrons. The molecule has 0 saturated heterocycles. The molecule has 0 unspecified atom stereocenters. The van der Waals surface area contributed by atoms with E-state index in [4.69, 9.17) is 9.47 Å². The van der Waals surface area contributed by atoms with Gasteiger partial charge in [0.05, 0.1) is 7.11 Å². The number of hydrogen-bond donors (Lipinski definition) is 1. The zero-order valence-corrected chi connectivity index (χ0v) is 13.1. The maximum atomic E-state index is 6.01. The number of aryl methyl sites for hydroxylation is 2. The van der Waals surface area contributed by atoms with Crippen molar-refractivity contribution in [2.45, 2.75) is 27.3 Å². The van der Waals surface area contributed by atoms with Crippen molar-refractivity contribution in [3.63, 3.8) is 0 Å². The molecule has 4 heteroatoms. The van der Waals surface area contributed by atoms with Crippen LogP contribution in [0.4, 0.5) is 0 Å². The second-order valence-electron chi connectivity index (χ2n) is 4.90. The summed E-state index contributed by atoms with van der Waals surface area (Å²) in [6, 6.07) is 9.67. The van der Waals surface area contributed by atoms with Gasteiger partial charge in [-0.15, -0.1) is 0 Å². The summed E-state index contributed by atoms with van der Waals surface area (Å²) in [7, 11) is 1.64. The van der Waals surface area contributed by atoms with E-state index in [1.54, 1.807) is 7.11 Å². The SMILES string of the molecule is CCNCc1c(C)cc(C)nc1Oc1ccccc1OC. The van der Waals surface area contributed by atoms with Gasteiger partial charge in [0.15, 0.2) is 11.5 Å².